The molecular weight excluding hydrogens is 216 g/mol. The van der Waals surface area contributed by atoms with Crippen molar-refractivity contribution >= 4 is 91.8 Å². The molecule has 10 heavy (non-hydrogen) atoms. The zero-order chi connectivity index (χ0) is 6.78. The minimum Gasteiger partial charge on any atom is -1.00 e. The molecule has 0 aliphatic carbocycles. The molecule has 0 saturated heterocycles. The standard InChI is InChI=1S/C2H4O5S.2Ca.4H/c1-2(3)7-8(4,5)6;;;;;;/h1H3,(H,4,5,6);;;;;;/q;2*+2;4*-1. The molecule has 1 N–H and O–H groups in total. The Morgan fingerprint density at radius 1 is 1.50 bits per heavy atom. The predicted molar refractivity (Wildman–Crippen MR) is 39.3 cm³/mol. The number of rotatable bonds is 1. The average molecular weight is 224 g/mol. The van der Waals surface area contributed by atoms with Crippen molar-refractivity contribution in [3.8, 4) is 0 Å². The van der Waals surface area contributed by atoms with E-state index in [4.69, 9.17) is 4.55 Å². The molecule has 0 unspecified atom stereocenters. The zero-order valence-electron chi connectivity index (χ0n) is 9.40. The molecule has 0 fully saturated rings. The van der Waals surface area contributed by atoms with Crippen LogP contribution >= 0.6 is 0 Å². The van der Waals surface area contributed by atoms with Gasteiger partial charge in [-0.25, -0.2) is 0 Å². The molecule has 8 heteroatoms. The molecule has 0 atom stereocenters. The Kier molecular flexibility index (Phi) is 13.5. The van der Waals surface area contributed by atoms with E-state index in [1.807, 2.05) is 0 Å². The third-order valence-corrected chi connectivity index (χ3v) is 0.668. The van der Waals surface area contributed by atoms with Gasteiger partial charge in [-0.3, -0.25) is 9.35 Å². The van der Waals surface area contributed by atoms with E-state index in [0.717, 1.165) is 6.92 Å². The van der Waals surface area contributed by atoms with Gasteiger partial charge in [0.25, 0.3) is 0 Å². The van der Waals surface area contributed by atoms with E-state index in [2.05, 4.69) is 4.18 Å². The summed E-state index contributed by atoms with van der Waals surface area (Å²) in [6.45, 7) is 0.869. The zero-order valence-corrected chi connectivity index (χ0v) is 10.6. The molecule has 0 amide bonds. The van der Waals surface area contributed by atoms with Crippen molar-refractivity contribution < 1.29 is 27.7 Å². The maximum absolute atomic E-state index is 9.70. The molecule has 0 aliphatic heterocycles. The van der Waals surface area contributed by atoms with Crippen LogP contribution in [0.25, 0.3) is 0 Å². The van der Waals surface area contributed by atoms with Crippen LogP contribution in [0.1, 0.15) is 12.6 Å². The first kappa shape index (κ1) is 17.8. The van der Waals surface area contributed by atoms with Gasteiger partial charge in [-0.05, 0) is 0 Å². The SMILES string of the molecule is CC(=O)OS(=O)(=O)O.[Ca+2].[Ca+2].[H-].[H-].[H-].[H-]. The molecule has 0 heterocycles. The topological polar surface area (TPSA) is 80.7 Å². The Bertz CT molecular complexity index is 196. The molecule has 0 aromatic carbocycles. The van der Waals surface area contributed by atoms with Gasteiger partial charge in [0, 0.05) is 6.92 Å². The predicted octanol–water partition coefficient (Wildman–Crippen LogP) is -0.959. The molecular formula is C2H8Ca2O5S. The van der Waals surface area contributed by atoms with Crippen molar-refractivity contribution in [1.82, 2.24) is 0 Å². The Morgan fingerprint density at radius 2 is 1.80 bits per heavy atom. The minimum atomic E-state index is -4.57. The first-order chi connectivity index (χ1) is 3.42. The summed E-state index contributed by atoms with van der Waals surface area (Å²) in [5, 5.41) is 0. The van der Waals surface area contributed by atoms with E-state index < -0.39 is 16.4 Å². The number of carbonyl (C=O) groups excluding carboxylic acids is 1. The molecule has 0 radical (unpaired) electrons. The van der Waals surface area contributed by atoms with Gasteiger partial charge in [0.15, 0.2) is 0 Å². The van der Waals surface area contributed by atoms with Crippen molar-refractivity contribution in [3.05, 3.63) is 0 Å². The molecule has 56 valence electrons. The number of carbonyl (C=O) groups is 1. The maximum atomic E-state index is 9.70. The second kappa shape index (κ2) is 7.54. The molecule has 0 aromatic rings. The Balaban J connectivity index is -0.0000000163. The molecule has 0 rings (SSSR count). The summed E-state index contributed by atoms with van der Waals surface area (Å²) < 4.78 is 30.2. The molecule has 0 aliphatic rings. The van der Waals surface area contributed by atoms with E-state index >= 15 is 0 Å². The Morgan fingerprint density at radius 3 is 1.80 bits per heavy atom. The summed E-state index contributed by atoms with van der Waals surface area (Å²) in [4.78, 5) is 9.70. The monoisotopic (exact) mass is 224 g/mol. The summed E-state index contributed by atoms with van der Waals surface area (Å²) in [7, 11) is -4.57. The Labute approximate surface area is 124 Å². The van der Waals surface area contributed by atoms with Gasteiger partial charge in [-0.15, -0.1) is 0 Å². The van der Waals surface area contributed by atoms with Crippen LogP contribution in [0.2, 0.25) is 0 Å². The maximum Gasteiger partial charge on any atom is 2.00 e. The summed E-state index contributed by atoms with van der Waals surface area (Å²) in [5.74, 6) is -1.06. The van der Waals surface area contributed by atoms with Crippen LogP contribution in [-0.4, -0.2) is 94.4 Å². The van der Waals surface area contributed by atoms with Crippen molar-refractivity contribution in [3.63, 3.8) is 0 Å². The second-order valence-electron chi connectivity index (χ2n) is 1.00. The van der Waals surface area contributed by atoms with Crippen LogP contribution in [0, 0.1) is 0 Å². The molecule has 5 nitrogen and oxygen atoms in total. The van der Waals surface area contributed by atoms with Gasteiger partial charge in [0.2, 0.25) is 0 Å². The van der Waals surface area contributed by atoms with Crippen LogP contribution in [-0.2, 0) is 19.4 Å². The largest absolute Gasteiger partial charge is 2.00 e. The van der Waals surface area contributed by atoms with E-state index in [9.17, 15) is 13.2 Å². The average Bonchev–Trinajstić information content (AvgIpc) is 1.21. The van der Waals surface area contributed by atoms with E-state index in [1.54, 1.807) is 0 Å². The second-order valence-corrected chi connectivity index (χ2v) is 2.02. The molecule has 0 bridgehead atoms. The fourth-order valence-corrected chi connectivity index (χ4v) is 0.445. The third kappa shape index (κ3) is 16.5. The van der Waals surface area contributed by atoms with Crippen LogP contribution in [0.5, 0.6) is 0 Å². The van der Waals surface area contributed by atoms with E-state index in [-0.39, 0.29) is 81.2 Å². The van der Waals surface area contributed by atoms with Crippen LogP contribution < -0.4 is 0 Å². The smallest absolute Gasteiger partial charge is 1.00 e. The fourth-order valence-electron chi connectivity index (χ4n) is 0.148. The van der Waals surface area contributed by atoms with Gasteiger partial charge >= 0.3 is 91.8 Å². The van der Waals surface area contributed by atoms with Gasteiger partial charge in [0.1, 0.15) is 0 Å². The van der Waals surface area contributed by atoms with Gasteiger partial charge < -0.3 is 9.89 Å². The van der Waals surface area contributed by atoms with Gasteiger partial charge in [-0.2, -0.15) is 8.42 Å². The normalized spacial score (nSPS) is 8.60. The third-order valence-electron chi connectivity index (χ3n) is 0.223. The Hall–Kier alpha value is 1.90. The summed E-state index contributed by atoms with van der Waals surface area (Å²) >= 11 is 0. The van der Waals surface area contributed by atoms with E-state index in [0.29, 0.717) is 0 Å². The van der Waals surface area contributed by atoms with E-state index in [1.165, 1.54) is 0 Å². The van der Waals surface area contributed by atoms with Crippen molar-refractivity contribution in [2.45, 2.75) is 6.92 Å². The van der Waals surface area contributed by atoms with Crippen molar-refractivity contribution in [2.24, 2.45) is 0 Å². The summed E-state index contributed by atoms with van der Waals surface area (Å²) in [6.07, 6.45) is 0. The first-order valence-electron chi connectivity index (χ1n) is 1.59. The summed E-state index contributed by atoms with van der Waals surface area (Å²) in [6, 6.07) is 0. The van der Waals surface area contributed by atoms with Crippen molar-refractivity contribution in [1.29, 1.82) is 0 Å². The van der Waals surface area contributed by atoms with Crippen molar-refractivity contribution in [2.75, 3.05) is 0 Å². The molecule has 0 spiro atoms. The fraction of sp³-hybridized carbons (Fsp3) is 0.500. The van der Waals surface area contributed by atoms with Gasteiger partial charge in [0.05, 0.1) is 0 Å². The number of hydrogen-bond acceptors (Lipinski definition) is 4. The summed E-state index contributed by atoms with van der Waals surface area (Å²) in [5.41, 5.74) is 0. The van der Waals surface area contributed by atoms with Crippen LogP contribution in [0.15, 0.2) is 0 Å². The van der Waals surface area contributed by atoms with Crippen LogP contribution in [0.3, 0.4) is 0 Å². The number of hydrogen-bond donors (Lipinski definition) is 1. The molecule has 0 aromatic heterocycles. The van der Waals surface area contributed by atoms with Gasteiger partial charge in [-0.1, -0.05) is 0 Å². The minimum absolute atomic E-state index is 0. The first-order valence-corrected chi connectivity index (χ1v) is 2.96. The quantitative estimate of drug-likeness (QED) is 0.458. The van der Waals surface area contributed by atoms with Crippen LogP contribution in [0.4, 0.5) is 0 Å². The molecule has 0 saturated carbocycles.